The molecule has 1 aromatic rings. The molecule has 2 saturated carbocycles. The Kier molecular flexibility index (Phi) is 6.14. The molecule has 0 radical (unpaired) electrons. The smallest absolute Gasteiger partial charge is 0.140 e. The predicted octanol–water partition coefficient (Wildman–Crippen LogP) is 5.89. The molecule has 0 aliphatic heterocycles. The monoisotopic (exact) mass is 346 g/mol. The molecule has 138 valence electrons. The first-order valence-electron chi connectivity index (χ1n) is 9.98. The minimum absolute atomic E-state index is 0.232. The standard InChI is InChI=1S/C22H31FO2/c1-3-4-15-5-7-16(8-6-15)17-9-11-20(22(24)13-17)19-12-10-18(25-2)14-21(19)23/h10,12,14-17,20H,3-9,11,13H2,1-2H3/t15?,16?,17-,20+/m0/s1. The van der Waals surface area contributed by atoms with Gasteiger partial charge in [-0.15, -0.1) is 0 Å². The van der Waals surface area contributed by atoms with Crippen molar-refractivity contribution >= 4 is 5.78 Å². The molecule has 0 spiro atoms. The van der Waals surface area contributed by atoms with E-state index in [0.717, 1.165) is 18.8 Å². The average Bonchev–Trinajstić information content (AvgIpc) is 2.63. The van der Waals surface area contributed by atoms with E-state index in [1.807, 2.05) is 0 Å². The van der Waals surface area contributed by atoms with Crippen LogP contribution in [0.2, 0.25) is 0 Å². The third-order valence-electron chi connectivity index (χ3n) is 6.52. The zero-order valence-corrected chi connectivity index (χ0v) is 15.6. The van der Waals surface area contributed by atoms with Crippen LogP contribution in [0.4, 0.5) is 4.39 Å². The summed E-state index contributed by atoms with van der Waals surface area (Å²) < 4.78 is 19.4. The summed E-state index contributed by atoms with van der Waals surface area (Å²) in [6.07, 6.45) is 10.4. The molecule has 1 aromatic carbocycles. The van der Waals surface area contributed by atoms with Crippen LogP contribution in [0.1, 0.15) is 76.2 Å². The molecule has 0 N–H and O–H groups in total. The van der Waals surface area contributed by atoms with Crippen LogP contribution >= 0.6 is 0 Å². The van der Waals surface area contributed by atoms with Gasteiger partial charge in [-0.05, 0) is 55.1 Å². The van der Waals surface area contributed by atoms with E-state index in [2.05, 4.69) is 6.92 Å². The Morgan fingerprint density at radius 1 is 1.08 bits per heavy atom. The van der Waals surface area contributed by atoms with Crippen LogP contribution in [0.3, 0.4) is 0 Å². The Labute approximate surface area is 151 Å². The molecule has 3 heteroatoms. The lowest BCUT2D eigenvalue weighted by Gasteiger charge is -2.37. The van der Waals surface area contributed by atoms with Gasteiger partial charge in [0.15, 0.2) is 0 Å². The number of rotatable bonds is 5. The van der Waals surface area contributed by atoms with E-state index in [1.165, 1.54) is 51.7 Å². The van der Waals surface area contributed by atoms with Crippen LogP contribution < -0.4 is 4.74 Å². The van der Waals surface area contributed by atoms with E-state index >= 15 is 0 Å². The summed E-state index contributed by atoms with van der Waals surface area (Å²) >= 11 is 0. The zero-order valence-electron chi connectivity index (χ0n) is 15.6. The highest BCUT2D eigenvalue weighted by Crippen LogP contribution is 2.43. The van der Waals surface area contributed by atoms with Crippen molar-refractivity contribution < 1.29 is 13.9 Å². The Hall–Kier alpha value is -1.38. The summed E-state index contributed by atoms with van der Waals surface area (Å²) in [5, 5.41) is 0. The Morgan fingerprint density at radius 3 is 2.40 bits per heavy atom. The largest absolute Gasteiger partial charge is 0.497 e. The topological polar surface area (TPSA) is 26.3 Å². The summed E-state index contributed by atoms with van der Waals surface area (Å²) in [7, 11) is 1.53. The van der Waals surface area contributed by atoms with Crippen molar-refractivity contribution in [3.8, 4) is 5.75 Å². The average molecular weight is 346 g/mol. The third kappa shape index (κ3) is 4.24. The number of halogens is 1. The molecule has 2 aliphatic rings. The number of methoxy groups -OCH3 is 1. The summed E-state index contributed by atoms with van der Waals surface area (Å²) in [4.78, 5) is 12.7. The zero-order chi connectivity index (χ0) is 17.8. The molecule has 2 nitrogen and oxygen atoms in total. The lowest BCUT2D eigenvalue weighted by atomic mass is 9.67. The van der Waals surface area contributed by atoms with E-state index in [1.54, 1.807) is 12.1 Å². The maximum atomic E-state index is 14.3. The van der Waals surface area contributed by atoms with Gasteiger partial charge in [-0.25, -0.2) is 4.39 Å². The number of ketones is 1. The fourth-order valence-electron chi connectivity index (χ4n) is 5.05. The first kappa shape index (κ1) is 18.4. The van der Waals surface area contributed by atoms with Crippen molar-refractivity contribution in [3.63, 3.8) is 0 Å². The highest BCUT2D eigenvalue weighted by atomic mass is 19.1. The maximum Gasteiger partial charge on any atom is 0.140 e. The number of benzene rings is 1. The van der Waals surface area contributed by atoms with E-state index in [9.17, 15) is 9.18 Å². The molecular weight excluding hydrogens is 315 g/mol. The molecule has 2 atom stereocenters. The molecule has 0 bridgehead atoms. The van der Waals surface area contributed by atoms with E-state index in [0.29, 0.717) is 29.6 Å². The fourth-order valence-corrected chi connectivity index (χ4v) is 5.05. The molecule has 3 rings (SSSR count). The first-order valence-corrected chi connectivity index (χ1v) is 9.98. The van der Waals surface area contributed by atoms with Gasteiger partial charge < -0.3 is 4.74 Å². The van der Waals surface area contributed by atoms with Crippen LogP contribution in [-0.2, 0) is 4.79 Å². The van der Waals surface area contributed by atoms with Gasteiger partial charge in [0, 0.05) is 18.4 Å². The Bertz CT molecular complexity index is 590. The summed E-state index contributed by atoms with van der Waals surface area (Å²) in [5.41, 5.74) is 0.552. The van der Waals surface area contributed by atoms with Gasteiger partial charge in [0.25, 0.3) is 0 Å². The summed E-state index contributed by atoms with van der Waals surface area (Å²) in [5.74, 6) is 2.30. The van der Waals surface area contributed by atoms with Gasteiger partial charge in [0.1, 0.15) is 17.3 Å². The van der Waals surface area contributed by atoms with Crippen LogP contribution in [0.15, 0.2) is 18.2 Å². The minimum atomic E-state index is -0.309. The second-order valence-corrected chi connectivity index (χ2v) is 8.02. The van der Waals surface area contributed by atoms with Gasteiger partial charge in [0.2, 0.25) is 0 Å². The van der Waals surface area contributed by atoms with Gasteiger partial charge >= 0.3 is 0 Å². The quantitative estimate of drug-likeness (QED) is 0.664. The van der Waals surface area contributed by atoms with Crippen molar-refractivity contribution in [1.29, 1.82) is 0 Å². The van der Waals surface area contributed by atoms with Crippen molar-refractivity contribution in [2.45, 2.75) is 70.6 Å². The molecule has 25 heavy (non-hydrogen) atoms. The minimum Gasteiger partial charge on any atom is -0.497 e. The summed E-state index contributed by atoms with van der Waals surface area (Å²) in [6.45, 7) is 2.27. The molecule has 0 unspecified atom stereocenters. The van der Waals surface area contributed by atoms with Gasteiger partial charge in [-0.3, -0.25) is 4.79 Å². The highest BCUT2D eigenvalue weighted by molar-refractivity contribution is 5.86. The van der Waals surface area contributed by atoms with Gasteiger partial charge in [0.05, 0.1) is 7.11 Å². The van der Waals surface area contributed by atoms with Crippen LogP contribution in [0.5, 0.6) is 5.75 Å². The molecule has 0 aromatic heterocycles. The lowest BCUT2D eigenvalue weighted by Crippen LogP contribution is -2.30. The number of ether oxygens (including phenoxy) is 1. The predicted molar refractivity (Wildman–Crippen MR) is 98.4 cm³/mol. The fraction of sp³-hybridized carbons (Fsp3) is 0.682. The Balaban J connectivity index is 1.59. The van der Waals surface area contributed by atoms with E-state index in [4.69, 9.17) is 4.74 Å². The normalized spacial score (nSPS) is 30.3. The second kappa shape index (κ2) is 8.33. The van der Waals surface area contributed by atoms with Crippen molar-refractivity contribution in [2.75, 3.05) is 7.11 Å². The second-order valence-electron chi connectivity index (χ2n) is 8.02. The third-order valence-corrected chi connectivity index (χ3v) is 6.52. The number of hydrogen-bond donors (Lipinski definition) is 0. The maximum absolute atomic E-state index is 14.3. The molecule has 0 saturated heterocycles. The van der Waals surface area contributed by atoms with Gasteiger partial charge in [-0.2, -0.15) is 0 Å². The highest BCUT2D eigenvalue weighted by Gasteiger charge is 2.36. The number of carbonyl (C=O) groups is 1. The lowest BCUT2D eigenvalue weighted by molar-refractivity contribution is -0.124. The molecular formula is C22H31FO2. The molecule has 2 fully saturated rings. The van der Waals surface area contributed by atoms with Gasteiger partial charge in [-0.1, -0.05) is 38.7 Å². The SMILES string of the molecule is CCCC1CCC([C@H]2CC[C@H](c3ccc(OC)cc3F)C(=O)C2)CC1. The molecule has 2 aliphatic carbocycles. The Morgan fingerprint density at radius 2 is 1.80 bits per heavy atom. The van der Waals surface area contributed by atoms with Crippen LogP contribution in [-0.4, -0.2) is 12.9 Å². The van der Waals surface area contributed by atoms with Crippen LogP contribution in [0, 0.1) is 23.6 Å². The number of Topliss-reactive ketones (excluding diaryl/α,β-unsaturated/α-hetero) is 1. The van der Waals surface area contributed by atoms with Crippen molar-refractivity contribution in [3.05, 3.63) is 29.6 Å². The first-order chi connectivity index (χ1) is 12.1. The molecule has 0 amide bonds. The van der Waals surface area contributed by atoms with E-state index < -0.39 is 0 Å². The summed E-state index contributed by atoms with van der Waals surface area (Å²) in [6, 6.07) is 4.88. The molecule has 0 heterocycles. The number of carbonyl (C=O) groups excluding carboxylic acids is 1. The van der Waals surface area contributed by atoms with Crippen molar-refractivity contribution in [1.82, 2.24) is 0 Å². The van der Waals surface area contributed by atoms with E-state index in [-0.39, 0.29) is 17.5 Å². The van der Waals surface area contributed by atoms with Crippen molar-refractivity contribution in [2.24, 2.45) is 17.8 Å². The van der Waals surface area contributed by atoms with Crippen LogP contribution in [0.25, 0.3) is 0 Å². The number of hydrogen-bond acceptors (Lipinski definition) is 2.